The Morgan fingerprint density at radius 1 is 1.17 bits per heavy atom. The second kappa shape index (κ2) is 7.31. The number of benzene rings is 2. The molecule has 2 aromatic carbocycles. The first-order valence-corrected chi connectivity index (χ1v) is 7.14. The largest absolute Gasteiger partial charge is 0.450 e. The minimum atomic E-state index is -4.52. The minimum Gasteiger partial charge on any atom is -0.450 e. The maximum Gasteiger partial charge on any atom is 0.416 e. The molecule has 128 valence electrons. The summed E-state index contributed by atoms with van der Waals surface area (Å²) in [5, 5.41) is 11.2. The summed E-state index contributed by atoms with van der Waals surface area (Å²) in [4.78, 5) is 10.6. The van der Waals surface area contributed by atoms with E-state index in [-0.39, 0.29) is 17.2 Å². The Kier molecular flexibility index (Phi) is 5.40. The Labute approximate surface area is 136 Å². The van der Waals surface area contributed by atoms with E-state index in [9.17, 15) is 23.3 Å². The van der Waals surface area contributed by atoms with Gasteiger partial charge in [-0.25, -0.2) is 0 Å². The van der Waals surface area contributed by atoms with Crippen molar-refractivity contribution >= 4 is 5.69 Å². The minimum absolute atomic E-state index is 0.115. The second-order valence-electron chi connectivity index (χ2n) is 5.08. The molecular weight excluding hydrogens is 325 g/mol. The third-order valence-corrected chi connectivity index (χ3v) is 3.28. The summed E-state index contributed by atoms with van der Waals surface area (Å²) >= 11 is 0. The van der Waals surface area contributed by atoms with Crippen molar-refractivity contribution in [3.63, 3.8) is 0 Å². The van der Waals surface area contributed by atoms with Gasteiger partial charge in [-0.1, -0.05) is 12.1 Å². The Hall–Kier alpha value is -2.61. The van der Waals surface area contributed by atoms with Gasteiger partial charge in [0.15, 0.2) is 0 Å². The molecule has 0 aliphatic heterocycles. The van der Waals surface area contributed by atoms with Crippen molar-refractivity contribution in [2.75, 3.05) is 6.54 Å². The summed E-state index contributed by atoms with van der Waals surface area (Å²) in [5.41, 5.74) is 4.93. The van der Waals surface area contributed by atoms with Gasteiger partial charge in [0, 0.05) is 6.07 Å². The van der Waals surface area contributed by atoms with Gasteiger partial charge in [-0.3, -0.25) is 10.1 Å². The number of nitrogens with two attached hydrogens (primary N) is 1. The first-order chi connectivity index (χ1) is 11.3. The van der Waals surface area contributed by atoms with Crippen LogP contribution in [0.2, 0.25) is 0 Å². The van der Waals surface area contributed by atoms with Gasteiger partial charge in [0.1, 0.15) is 5.75 Å². The zero-order valence-corrected chi connectivity index (χ0v) is 12.5. The van der Waals surface area contributed by atoms with Crippen molar-refractivity contribution in [2.24, 2.45) is 5.73 Å². The van der Waals surface area contributed by atoms with Crippen molar-refractivity contribution in [1.82, 2.24) is 0 Å². The number of alkyl halides is 3. The fourth-order valence-corrected chi connectivity index (χ4v) is 2.12. The number of ether oxygens (including phenoxy) is 1. The highest BCUT2D eigenvalue weighted by Gasteiger charge is 2.30. The van der Waals surface area contributed by atoms with Gasteiger partial charge < -0.3 is 10.5 Å². The molecule has 0 unspecified atom stereocenters. The van der Waals surface area contributed by atoms with E-state index >= 15 is 0 Å². The van der Waals surface area contributed by atoms with Crippen LogP contribution in [0.3, 0.4) is 0 Å². The van der Waals surface area contributed by atoms with E-state index in [1.807, 2.05) is 0 Å². The standard InChI is InChI=1S/C16H15F3N2O3/c17-16(18,19)12-4-1-5-13(10-12)24-15-7-6-11(3-2-8-20)9-14(15)21(22)23/h1,4-7,9-10H,2-3,8,20H2. The fraction of sp³-hybridized carbons (Fsp3) is 0.250. The third-order valence-electron chi connectivity index (χ3n) is 3.28. The van der Waals surface area contributed by atoms with Gasteiger partial charge in [0.25, 0.3) is 0 Å². The highest BCUT2D eigenvalue weighted by atomic mass is 19.4. The van der Waals surface area contributed by atoms with Crippen LogP contribution >= 0.6 is 0 Å². The predicted molar refractivity (Wildman–Crippen MR) is 82.0 cm³/mol. The van der Waals surface area contributed by atoms with Crippen LogP contribution in [0.1, 0.15) is 17.5 Å². The molecule has 0 spiro atoms. The van der Waals surface area contributed by atoms with Gasteiger partial charge in [0.2, 0.25) is 5.75 Å². The molecule has 0 heterocycles. The van der Waals surface area contributed by atoms with Gasteiger partial charge in [-0.15, -0.1) is 0 Å². The SMILES string of the molecule is NCCCc1ccc(Oc2cccc(C(F)(F)F)c2)c([N+](=O)[O-])c1. The van der Waals surface area contributed by atoms with Crippen LogP contribution in [-0.4, -0.2) is 11.5 Å². The highest BCUT2D eigenvalue weighted by Crippen LogP contribution is 2.35. The average molecular weight is 340 g/mol. The molecule has 0 aliphatic rings. The van der Waals surface area contributed by atoms with Gasteiger partial charge in [-0.2, -0.15) is 13.2 Å². The number of nitro groups is 1. The predicted octanol–water partition coefficient (Wildman–Crippen LogP) is 4.30. The Morgan fingerprint density at radius 3 is 2.54 bits per heavy atom. The van der Waals surface area contributed by atoms with Gasteiger partial charge in [0.05, 0.1) is 10.5 Å². The lowest BCUT2D eigenvalue weighted by Crippen LogP contribution is -2.04. The van der Waals surface area contributed by atoms with E-state index < -0.39 is 16.7 Å². The smallest absolute Gasteiger partial charge is 0.416 e. The molecule has 2 rings (SSSR count). The summed E-state index contributed by atoms with van der Waals surface area (Å²) in [6, 6.07) is 8.54. The first kappa shape index (κ1) is 17.7. The van der Waals surface area contributed by atoms with Crippen molar-refractivity contribution in [3.05, 3.63) is 63.7 Å². The molecule has 0 aromatic heterocycles. The van der Waals surface area contributed by atoms with Crippen LogP contribution in [0.25, 0.3) is 0 Å². The second-order valence-corrected chi connectivity index (χ2v) is 5.08. The molecule has 0 radical (unpaired) electrons. The van der Waals surface area contributed by atoms with E-state index in [1.165, 1.54) is 24.3 Å². The topological polar surface area (TPSA) is 78.4 Å². The zero-order valence-electron chi connectivity index (χ0n) is 12.5. The van der Waals surface area contributed by atoms with Gasteiger partial charge in [-0.05, 0) is 49.2 Å². The summed E-state index contributed by atoms with van der Waals surface area (Å²) in [7, 11) is 0. The number of halogens is 3. The fourth-order valence-electron chi connectivity index (χ4n) is 2.12. The van der Waals surface area contributed by atoms with Crippen LogP contribution in [0.4, 0.5) is 18.9 Å². The van der Waals surface area contributed by atoms with E-state index in [1.54, 1.807) is 6.07 Å². The molecule has 0 fully saturated rings. The highest BCUT2D eigenvalue weighted by molar-refractivity contribution is 5.51. The van der Waals surface area contributed by atoms with Crippen LogP contribution in [0.15, 0.2) is 42.5 Å². The van der Waals surface area contributed by atoms with Crippen LogP contribution in [0, 0.1) is 10.1 Å². The van der Waals surface area contributed by atoms with Crippen molar-refractivity contribution in [2.45, 2.75) is 19.0 Å². The Morgan fingerprint density at radius 2 is 1.92 bits per heavy atom. The number of aryl methyl sites for hydroxylation is 1. The van der Waals surface area contributed by atoms with Crippen molar-refractivity contribution < 1.29 is 22.8 Å². The van der Waals surface area contributed by atoms with E-state index in [0.29, 0.717) is 24.9 Å². The lowest BCUT2D eigenvalue weighted by atomic mass is 10.1. The molecule has 0 aliphatic carbocycles. The van der Waals surface area contributed by atoms with Crippen LogP contribution in [-0.2, 0) is 12.6 Å². The molecule has 0 amide bonds. The zero-order chi connectivity index (χ0) is 17.7. The summed E-state index contributed by atoms with van der Waals surface area (Å²) in [6.45, 7) is 0.455. The lowest BCUT2D eigenvalue weighted by molar-refractivity contribution is -0.385. The summed E-state index contributed by atoms with van der Waals surface area (Å²) in [6.07, 6.45) is -3.27. The maximum atomic E-state index is 12.7. The van der Waals surface area contributed by atoms with Crippen LogP contribution < -0.4 is 10.5 Å². The summed E-state index contributed by atoms with van der Waals surface area (Å²) < 4.78 is 43.4. The summed E-state index contributed by atoms with van der Waals surface area (Å²) in [5.74, 6) is -0.238. The molecular formula is C16H15F3N2O3. The average Bonchev–Trinajstić information content (AvgIpc) is 2.53. The molecule has 0 saturated heterocycles. The van der Waals surface area contributed by atoms with E-state index in [2.05, 4.69) is 0 Å². The molecule has 2 aromatic rings. The number of nitrogens with zero attached hydrogens (tertiary/aromatic N) is 1. The van der Waals surface area contributed by atoms with Crippen LogP contribution in [0.5, 0.6) is 11.5 Å². The quantitative estimate of drug-likeness (QED) is 0.628. The molecule has 8 heteroatoms. The Bertz CT molecular complexity index is 733. The number of rotatable bonds is 6. The molecule has 0 atom stereocenters. The molecule has 2 N–H and O–H groups in total. The van der Waals surface area contributed by atoms with Gasteiger partial charge >= 0.3 is 11.9 Å². The van der Waals surface area contributed by atoms with E-state index in [0.717, 1.165) is 12.1 Å². The first-order valence-electron chi connectivity index (χ1n) is 7.14. The molecule has 0 saturated carbocycles. The maximum absolute atomic E-state index is 12.7. The number of hydrogen-bond donors (Lipinski definition) is 1. The number of hydrogen-bond acceptors (Lipinski definition) is 4. The van der Waals surface area contributed by atoms with Crippen molar-refractivity contribution in [1.29, 1.82) is 0 Å². The lowest BCUT2D eigenvalue weighted by Gasteiger charge is -2.11. The Balaban J connectivity index is 2.30. The number of nitro benzene ring substituents is 1. The van der Waals surface area contributed by atoms with E-state index in [4.69, 9.17) is 10.5 Å². The molecule has 5 nitrogen and oxygen atoms in total. The third kappa shape index (κ3) is 4.45. The van der Waals surface area contributed by atoms with Crippen molar-refractivity contribution in [3.8, 4) is 11.5 Å². The monoisotopic (exact) mass is 340 g/mol. The molecule has 0 bridgehead atoms. The molecule has 24 heavy (non-hydrogen) atoms. The normalized spacial score (nSPS) is 11.3.